The molecule has 0 aliphatic carbocycles. The number of aromatic nitrogens is 2. The zero-order chi connectivity index (χ0) is 12.4. The first-order valence-corrected chi connectivity index (χ1v) is 6.28. The Bertz CT molecular complexity index is 534. The molecule has 1 aliphatic rings. The van der Waals surface area contributed by atoms with E-state index in [1.54, 1.807) is 6.07 Å². The number of halogens is 1. The number of fused-ring (bicyclic) bond motifs is 1. The minimum atomic E-state index is -0.295. The number of benzene rings is 1. The Morgan fingerprint density at radius 1 is 1.33 bits per heavy atom. The van der Waals surface area contributed by atoms with Gasteiger partial charge in [-0.2, -0.15) is 0 Å². The fraction of sp³-hybridized carbons (Fsp3) is 0.462. The summed E-state index contributed by atoms with van der Waals surface area (Å²) in [4.78, 5) is 7.31. The van der Waals surface area contributed by atoms with E-state index < -0.39 is 0 Å². The van der Waals surface area contributed by atoms with Gasteiger partial charge in [-0.05, 0) is 38.1 Å². The Morgan fingerprint density at radius 3 is 2.94 bits per heavy atom. The molecule has 0 bridgehead atoms. The molecule has 2 aromatic rings. The molecule has 1 aromatic carbocycles. The van der Waals surface area contributed by atoms with Crippen molar-refractivity contribution < 1.29 is 9.13 Å². The maximum absolute atomic E-state index is 13.5. The van der Waals surface area contributed by atoms with Crippen molar-refractivity contribution in [3.05, 3.63) is 29.8 Å². The predicted molar refractivity (Wildman–Crippen MR) is 66.7 cm³/mol. The molecular weight excluding hydrogens is 233 g/mol. The van der Waals surface area contributed by atoms with Crippen LogP contribution in [0.3, 0.4) is 0 Å². The van der Waals surface area contributed by atoms with E-state index in [2.05, 4.69) is 15.3 Å². The van der Waals surface area contributed by atoms with Gasteiger partial charge in [-0.3, -0.25) is 0 Å². The number of nitrogens with one attached hydrogen (secondary N) is 2. The van der Waals surface area contributed by atoms with E-state index in [0.717, 1.165) is 31.4 Å². The smallest absolute Gasteiger partial charge is 0.151 e. The van der Waals surface area contributed by atoms with Gasteiger partial charge in [0.2, 0.25) is 0 Å². The summed E-state index contributed by atoms with van der Waals surface area (Å²) >= 11 is 0. The number of piperidine rings is 1. The highest BCUT2D eigenvalue weighted by Crippen LogP contribution is 2.16. The molecular formula is C13H16FN3O. The van der Waals surface area contributed by atoms with Gasteiger partial charge in [0, 0.05) is 0 Å². The van der Waals surface area contributed by atoms with E-state index in [4.69, 9.17) is 4.74 Å². The highest BCUT2D eigenvalue weighted by Gasteiger charge is 2.14. The van der Waals surface area contributed by atoms with Gasteiger partial charge in [0.05, 0.1) is 11.6 Å². The first-order chi connectivity index (χ1) is 8.83. The number of hydrogen-bond donors (Lipinski definition) is 2. The van der Waals surface area contributed by atoms with E-state index in [-0.39, 0.29) is 11.9 Å². The van der Waals surface area contributed by atoms with Gasteiger partial charge < -0.3 is 15.0 Å². The van der Waals surface area contributed by atoms with Crippen LogP contribution >= 0.6 is 0 Å². The topological polar surface area (TPSA) is 49.9 Å². The number of ether oxygens (including phenoxy) is 1. The fourth-order valence-electron chi connectivity index (χ4n) is 2.28. The normalized spacial score (nSPS) is 17.4. The Morgan fingerprint density at radius 2 is 2.17 bits per heavy atom. The summed E-state index contributed by atoms with van der Waals surface area (Å²) in [6, 6.07) is 4.91. The molecule has 2 N–H and O–H groups in total. The van der Waals surface area contributed by atoms with Crippen LogP contribution in [0.5, 0.6) is 0 Å². The fourth-order valence-corrected chi connectivity index (χ4v) is 2.28. The molecule has 1 aliphatic heterocycles. The second kappa shape index (κ2) is 5.04. The molecule has 0 amide bonds. The van der Waals surface area contributed by atoms with E-state index in [0.29, 0.717) is 17.9 Å². The van der Waals surface area contributed by atoms with Gasteiger partial charge >= 0.3 is 0 Å². The molecule has 3 rings (SSSR count). The predicted octanol–water partition coefficient (Wildman–Crippen LogP) is 1.97. The van der Waals surface area contributed by atoms with Crippen molar-refractivity contribution in [3.8, 4) is 0 Å². The summed E-state index contributed by atoms with van der Waals surface area (Å²) in [5, 5.41) is 3.29. The third-order valence-corrected chi connectivity index (χ3v) is 3.25. The molecule has 4 nitrogen and oxygen atoms in total. The Balaban J connectivity index is 1.69. The van der Waals surface area contributed by atoms with Crippen LogP contribution in [-0.2, 0) is 11.3 Å². The van der Waals surface area contributed by atoms with Gasteiger partial charge in [0.15, 0.2) is 5.82 Å². The van der Waals surface area contributed by atoms with Crippen LogP contribution in [0.15, 0.2) is 18.2 Å². The van der Waals surface area contributed by atoms with E-state index in [9.17, 15) is 4.39 Å². The highest BCUT2D eigenvalue weighted by molar-refractivity contribution is 5.75. The molecule has 1 saturated heterocycles. The Hall–Kier alpha value is -1.46. The first kappa shape index (κ1) is 11.6. The average Bonchev–Trinajstić information content (AvgIpc) is 2.82. The van der Waals surface area contributed by atoms with Crippen molar-refractivity contribution in [1.82, 2.24) is 15.3 Å². The second-order valence-corrected chi connectivity index (χ2v) is 4.58. The van der Waals surface area contributed by atoms with Crippen LogP contribution in [0.1, 0.15) is 18.7 Å². The first-order valence-electron chi connectivity index (χ1n) is 6.28. The highest BCUT2D eigenvalue weighted by atomic mass is 19.1. The molecule has 0 spiro atoms. The number of nitrogens with zero attached hydrogens (tertiary/aromatic N) is 1. The van der Waals surface area contributed by atoms with Gasteiger partial charge in [0.1, 0.15) is 17.9 Å². The summed E-state index contributed by atoms with van der Waals surface area (Å²) in [5.74, 6) is 0.394. The molecule has 2 heterocycles. The summed E-state index contributed by atoms with van der Waals surface area (Å²) in [7, 11) is 0. The molecule has 18 heavy (non-hydrogen) atoms. The number of rotatable bonds is 3. The standard InChI is InChI=1S/C13H16FN3O/c14-10-2-1-3-11-13(10)17-12(16-11)8-18-9-4-6-15-7-5-9/h1-3,9,15H,4-8H2,(H,16,17). The SMILES string of the molecule is Fc1cccc2[nH]c(COC3CCNCC3)nc12. The lowest BCUT2D eigenvalue weighted by molar-refractivity contribution is 0.0182. The summed E-state index contributed by atoms with van der Waals surface area (Å²) < 4.78 is 19.2. The van der Waals surface area contributed by atoms with Crippen LogP contribution in [0.4, 0.5) is 4.39 Å². The molecule has 0 saturated carbocycles. The maximum atomic E-state index is 13.5. The van der Waals surface area contributed by atoms with Crippen LogP contribution in [0, 0.1) is 5.82 Å². The van der Waals surface area contributed by atoms with E-state index in [1.807, 2.05) is 6.07 Å². The Labute approximate surface area is 105 Å². The number of para-hydroxylation sites is 1. The second-order valence-electron chi connectivity index (χ2n) is 4.58. The van der Waals surface area contributed by atoms with E-state index >= 15 is 0 Å². The zero-order valence-electron chi connectivity index (χ0n) is 10.1. The summed E-state index contributed by atoms with van der Waals surface area (Å²) in [5.41, 5.74) is 1.11. The minimum Gasteiger partial charge on any atom is -0.370 e. The van der Waals surface area contributed by atoms with Crippen LogP contribution in [0.25, 0.3) is 11.0 Å². The molecule has 0 atom stereocenters. The largest absolute Gasteiger partial charge is 0.370 e. The number of hydrogen-bond acceptors (Lipinski definition) is 3. The summed E-state index contributed by atoms with van der Waals surface area (Å²) in [6.45, 7) is 2.41. The van der Waals surface area contributed by atoms with Crippen molar-refractivity contribution in [1.29, 1.82) is 0 Å². The summed E-state index contributed by atoms with van der Waals surface area (Å²) in [6.07, 6.45) is 2.33. The third kappa shape index (κ3) is 2.37. The van der Waals surface area contributed by atoms with Gasteiger partial charge in [-0.15, -0.1) is 0 Å². The van der Waals surface area contributed by atoms with Crippen LogP contribution < -0.4 is 5.32 Å². The molecule has 5 heteroatoms. The quantitative estimate of drug-likeness (QED) is 0.874. The maximum Gasteiger partial charge on any atom is 0.151 e. The lowest BCUT2D eigenvalue weighted by Gasteiger charge is -2.22. The van der Waals surface area contributed by atoms with E-state index in [1.165, 1.54) is 6.07 Å². The van der Waals surface area contributed by atoms with Crippen molar-refractivity contribution in [2.75, 3.05) is 13.1 Å². The number of aromatic amines is 1. The minimum absolute atomic E-state index is 0.282. The van der Waals surface area contributed by atoms with Crippen molar-refractivity contribution >= 4 is 11.0 Å². The van der Waals surface area contributed by atoms with Crippen LogP contribution in [0.2, 0.25) is 0 Å². The Kier molecular flexibility index (Phi) is 3.25. The number of H-pyrrole nitrogens is 1. The molecule has 1 fully saturated rings. The van der Waals surface area contributed by atoms with Gasteiger partial charge in [-0.25, -0.2) is 9.37 Å². The zero-order valence-corrected chi connectivity index (χ0v) is 10.1. The molecule has 1 aromatic heterocycles. The number of imidazole rings is 1. The van der Waals surface area contributed by atoms with Crippen molar-refractivity contribution in [2.24, 2.45) is 0 Å². The lowest BCUT2D eigenvalue weighted by atomic mass is 10.1. The lowest BCUT2D eigenvalue weighted by Crippen LogP contribution is -2.32. The van der Waals surface area contributed by atoms with Gasteiger partial charge in [-0.1, -0.05) is 6.07 Å². The van der Waals surface area contributed by atoms with Crippen molar-refractivity contribution in [2.45, 2.75) is 25.6 Å². The molecule has 0 unspecified atom stereocenters. The van der Waals surface area contributed by atoms with Crippen LogP contribution in [-0.4, -0.2) is 29.2 Å². The molecule has 0 radical (unpaired) electrons. The monoisotopic (exact) mass is 249 g/mol. The third-order valence-electron chi connectivity index (χ3n) is 3.25. The van der Waals surface area contributed by atoms with Crippen molar-refractivity contribution in [3.63, 3.8) is 0 Å². The molecule has 96 valence electrons. The van der Waals surface area contributed by atoms with Gasteiger partial charge in [0.25, 0.3) is 0 Å². The average molecular weight is 249 g/mol.